The summed E-state index contributed by atoms with van der Waals surface area (Å²) >= 11 is 11.9. The maximum absolute atomic E-state index is 6.02. The van der Waals surface area contributed by atoms with Crippen LogP contribution in [0.5, 0.6) is 0 Å². The van der Waals surface area contributed by atoms with Crippen molar-refractivity contribution in [3.8, 4) is 0 Å². The minimum atomic E-state index is 0.185. The summed E-state index contributed by atoms with van der Waals surface area (Å²) in [6.07, 6.45) is 3.65. The fraction of sp³-hybridized carbons (Fsp3) is 0.538. The van der Waals surface area contributed by atoms with E-state index in [0.717, 1.165) is 0 Å². The largest absolute Gasteiger partial charge is 0.0827 e. The van der Waals surface area contributed by atoms with E-state index in [-0.39, 0.29) is 5.41 Å². The van der Waals surface area contributed by atoms with Crippen LogP contribution in [-0.4, -0.2) is 0 Å². The van der Waals surface area contributed by atoms with E-state index < -0.39 is 0 Å². The zero-order valence-electron chi connectivity index (χ0n) is 9.61. The SMILES string of the molecule is CCCCC(C)(C)c1ccc(Cl)c(Cl)c1. The third-order valence-electron chi connectivity index (χ3n) is 2.86. The van der Waals surface area contributed by atoms with Crippen LogP contribution in [0.1, 0.15) is 45.6 Å². The van der Waals surface area contributed by atoms with E-state index in [0.29, 0.717) is 10.0 Å². The third kappa shape index (κ3) is 3.39. The Bertz CT molecular complexity index is 329. The van der Waals surface area contributed by atoms with Crippen molar-refractivity contribution in [3.05, 3.63) is 33.8 Å². The summed E-state index contributed by atoms with van der Waals surface area (Å²) < 4.78 is 0. The first kappa shape index (κ1) is 12.9. The summed E-state index contributed by atoms with van der Waals surface area (Å²) in [6.45, 7) is 6.72. The van der Waals surface area contributed by atoms with Crippen molar-refractivity contribution >= 4 is 23.2 Å². The van der Waals surface area contributed by atoms with Gasteiger partial charge in [0.25, 0.3) is 0 Å². The van der Waals surface area contributed by atoms with Gasteiger partial charge in [0, 0.05) is 0 Å². The maximum Gasteiger partial charge on any atom is 0.0595 e. The van der Waals surface area contributed by atoms with Crippen LogP contribution < -0.4 is 0 Å². The molecule has 0 unspecified atom stereocenters. The smallest absolute Gasteiger partial charge is 0.0595 e. The Kier molecular flexibility index (Phi) is 4.48. The molecule has 0 aliphatic heterocycles. The van der Waals surface area contributed by atoms with Crippen molar-refractivity contribution in [1.29, 1.82) is 0 Å². The molecule has 0 saturated heterocycles. The topological polar surface area (TPSA) is 0 Å². The molecule has 0 amide bonds. The second-order valence-electron chi connectivity index (χ2n) is 4.62. The minimum absolute atomic E-state index is 0.185. The van der Waals surface area contributed by atoms with Gasteiger partial charge in [-0.15, -0.1) is 0 Å². The third-order valence-corrected chi connectivity index (χ3v) is 3.60. The van der Waals surface area contributed by atoms with Gasteiger partial charge in [0.1, 0.15) is 0 Å². The molecule has 15 heavy (non-hydrogen) atoms. The maximum atomic E-state index is 6.02. The van der Waals surface area contributed by atoms with Gasteiger partial charge in [-0.05, 0) is 29.5 Å². The van der Waals surface area contributed by atoms with Gasteiger partial charge in [-0.25, -0.2) is 0 Å². The molecule has 0 heterocycles. The zero-order valence-corrected chi connectivity index (χ0v) is 11.1. The molecule has 0 radical (unpaired) electrons. The molecule has 1 aromatic carbocycles. The van der Waals surface area contributed by atoms with Crippen molar-refractivity contribution in [1.82, 2.24) is 0 Å². The lowest BCUT2D eigenvalue weighted by Crippen LogP contribution is -2.16. The molecule has 0 nitrogen and oxygen atoms in total. The Balaban J connectivity index is 2.89. The van der Waals surface area contributed by atoms with E-state index in [2.05, 4.69) is 26.8 Å². The zero-order chi connectivity index (χ0) is 11.5. The summed E-state index contributed by atoms with van der Waals surface area (Å²) in [5.41, 5.74) is 1.45. The van der Waals surface area contributed by atoms with Crippen LogP contribution in [0, 0.1) is 0 Å². The van der Waals surface area contributed by atoms with E-state index in [1.807, 2.05) is 12.1 Å². The second-order valence-corrected chi connectivity index (χ2v) is 5.43. The fourth-order valence-electron chi connectivity index (χ4n) is 1.68. The Hall–Kier alpha value is -0.200. The van der Waals surface area contributed by atoms with E-state index in [4.69, 9.17) is 23.2 Å². The van der Waals surface area contributed by atoms with Crippen LogP contribution in [0.3, 0.4) is 0 Å². The quantitative estimate of drug-likeness (QED) is 0.660. The van der Waals surface area contributed by atoms with E-state index >= 15 is 0 Å². The summed E-state index contributed by atoms with van der Waals surface area (Å²) in [7, 11) is 0. The molecule has 0 fully saturated rings. The summed E-state index contributed by atoms with van der Waals surface area (Å²) in [5, 5.41) is 1.28. The molecule has 2 heteroatoms. The van der Waals surface area contributed by atoms with Gasteiger partial charge in [0.05, 0.1) is 10.0 Å². The highest BCUT2D eigenvalue weighted by Gasteiger charge is 2.20. The Morgan fingerprint density at radius 3 is 2.33 bits per heavy atom. The molecule has 0 spiro atoms. The summed E-state index contributed by atoms with van der Waals surface area (Å²) in [4.78, 5) is 0. The van der Waals surface area contributed by atoms with Crippen molar-refractivity contribution in [2.75, 3.05) is 0 Å². The van der Waals surface area contributed by atoms with Crippen molar-refractivity contribution < 1.29 is 0 Å². The number of benzene rings is 1. The Labute approximate surface area is 103 Å². The van der Waals surface area contributed by atoms with Crippen LogP contribution in [-0.2, 0) is 5.41 Å². The predicted molar refractivity (Wildman–Crippen MR) is 69.0 cm³/mol. The van der Waals surface area contributed by atoms with Crippen molar-refractivity contribution in [3.63, 3.8) is 0 Å². The van der Waals surface area contributed by atoms with Gasteiger partial charge in [0.15, 0.2) is 0 Å². The highest BCUT2D eigenvalue weighted by Crippen LogP contribution is 2.33. The number of hydrogen-bond acceptors (Lipinski definition) is 0. The van der Waals surface area contributed by atoms with Gasteiger partial charge in [-0.1, -0.05) is 62.9 Å². The Morgan fingerprint density at radius 2 is 1.80 bits per heavy atom. The lowest BCUT2D eigenvalue weighted by molar-refractivity contribution is 0.458. The lowest BCUT2D eigenvalue weighted by Gasteiger charge is -2.25. The van der Waals surface area contributed by atoms with Gasteiger partial charge in [-0.3, -0.25) is 0 Å². The van der Waals surface area contributed by atoms with E-state index in [9.17, 15) is 0 Å². The van der Waals surface area contributed by atoms with E-state index in [1.165, 1.54) is 24.8 Å². The van der Waals surface area contributed by atoms with Crippen LogP contribution in [0.15, 0.2) is 18.2 Å². The highest BCUT2D eigenvalue weighted by molar-refractivity contribution is 6.42. The van der Waals surface area contributed by atoms with E-state index in [1.54, 1.807) is 0 Å². The van der Waals surface area contributed by atoms with Gasteiger partial charge in [0.2, 0.25) is 0 Å². The normalized spacial score (nSPS) is 11.8. The predicted octanol–water partition coefficient (Wildman–Crippen LogP) is 5.46. The fourth-order valence-corrected chi connectivity index (χ4v) is 1.98. The summed E-state index contributed by atoms with van der Waals surface area (Å²) in [5.74, 6) is 0. The number of rotatable bonds is 4. The van der Waals surface area contributed by atoms with Crippen LogP contribution in [0.4, 0.5) is 0 Å². The van der Waals surface area contributed by atoms with Crippen LogP contribution >= 0.6 is 23.2 Å². The molecule has 0 aromatic heterocycles. The first-order valence-electron chi connectivity index (χ1n) is 5.43. The molecular weight excluding hydrogens is 227 g/mol. The highest BCUT2D eigenvalue weighted by atomic mass is 35.5. The molecule has 0 atom stereocenters. The number of hydrogen-bond donors (Lipinski definition) is 0. The molecule has 0 saturated carbocycles. The molecule has 0 N–H and O–H groups in total. The molecule has 0 aliphatic carbocycles. The van der Waals surface area contributed by atoms with Crippen LogP contribution in [0.25, 0.3) is 0 Å². The van der Waals surface area contributed by atoms with Gasteiger partial charge >= 0.3 is 0 Å². The van der Waals surface area contributed by atoms with Crippen LogP contribution in [0.2, 0.25) is 10.0 Å². The van der Waals surface area contributed by atoms with Crippen molar-refractivity contribution in [2.45, 2.75) is 45.4 Å². The number of halogens is 2. The molecule has 0 bridgehead atoms. The standard InChI is InChI=1S/C13H18Cl2/c1-4-5-8-13(2,3)10-6-7-11(14)12(15)9-10/h6-7,9H,4-5,8H2,1-3H3. The average molecular weight is 245 g/mol. The summed E-state index contributed by atoms with van der Waals surface area (Å²) in [6, 6.07) is 5.94. The molecule has 1 aromatic rings. The first-order valence-corrected chi connectivity index (χ1v) is 6.18. The van der Waals surface area contributed by atoms with Gasteiger partial charge < -0.3 is 0 Å². The average Bonchev–Trinajstić information content (AvgIpc) is 2.19. The minimum Gasteiger partial charge on any atom is -0.0827 e. The lowest BCUT2D eigenvalue weighted by atomic mass is 9.80. The molecular formula is C13H18Cl2. The second kappa shape index (κ2) is 5.23. The monoisotopic (exact) mass is 244 g/mol. The first-order chi connectivity index (χ1) is 6.97. The Morgan fingerprint density at radius 1 is 1.13 bits per heavy atom. The molecule has 0 aliphatic rings. The van der Waals surface area contributed by atoms with Gasteiger partial charge in [-0.2, -0.15) is 0 Å². The van der Waals surface area contributed by atoms with Crippen molar-refractivity contribution in [2.24, 2.45) is 0 Å². The molecule has 1 rings (SSSR count). The molecule has 84 valence electrons. The number of unbranched alkanes of at least 4 members (excludes halogenated alkanes) is 1.